The van der Waals surface area contributed by atoms with Gasteiger partial charge in [0.2, 0.25) is 17.7 Å². The molecule has 0 radical (unpaired) electrons. The summed E-state index contributed by atoms with van der Waals surface area (Å²) in [5.74, 6) is -1.60. The van der Waals surface area contributed by atoms with Crippen LogP contribution in [0.25, 0.3) is 0 Å². The average Bonchev–Trinajstić information content (AvgIpc) is 3.57. The molecule has 3 aliphatic rings. The van der Waals surface area contributed by atoms with E-state index in [4.69, 9.17) is 16.3 Å². The molecule has 3 aromatic rings. The van der Waals surface area contributed by atoms with Crippen LogP contribution in [-0.4, -0.2) is 56.5 Å². The molecular weight excluding hydrogens is 586 g/mol. The van der Waals surface area contributed by atoms with E-state index in [1.165, 1.54) is 0 Å². The summed E-state index contributed by atoms with van der Waals surface area (Å²) in [4.78, 5) is 44.4. The number of likely N-dealkylation sites (tertiary alicyclic amines) is 1. The molecule has 3 amide bonds. The van der Waals surface area contributed by atoms with E-state index >= 15 is 0 Å². The molecule has 3 N–H and O–H groups in total. The number of benzene rings is 3. The number of ether oxygens (including phenoxy) is 1. The highest BCUT2D eigenvalue weighted by Gasteiger charge is 2.77. The number of fused-ring (bicyclic) bond motifs is 1. The lowest BCUT2D eigenvalue weighted by molar-refractivity contribution is -0.141. The molecule has 3 heterocycles. The Hall–Kier alpha value is -3.53. The fourth-order valence-electron chi connectivity index (χ4n) is 7.19. The predicted molar refractivity (Wildman–Crippen MR) is 168 cm³/mol. The normalized spacial score (nSPS) is 28.0. The maximum atomic E-state index is 14.6. The van der Waals surface area contributed by atoms with Crippen LogP contribution in [0.15, 0.2) is 78.9 Å². The molecular formula is C33H34ClN3O5S. The van der Waals surface area contributed by atoms with Gasteiger partial charge in [0, 0.05) is 21.1 Å². The highest BCUT2D eigenvalue weighted by molar-refractivity contribution is 8.02. The summed E-state index contributed by atoms with van der Waals surface area (Å²) in [6.45, 7) is 4.10. The minimum Gasteiger partial charge on any atom is -0.494 e. The third kappa shape index (κ3) is 5.07. The molecule has 0 aromatic heterocycles. The molecule has 6 atom stereocenters. The second-order valence-corrected chi connectivity index (χ2v) is 13.9. The van der Waals surface area contributed by atoms with Crippen molar-refractivity contribution in [2.45, 2.75) is 48.3 Å². The maximum absolute atomic E-state index is 14.6. The topological polar surface area (TPSA) is 108 Å². The zero-order valence-corrected chi connectivity index (χ0v) is 25.5. The molecule has 8 nitrogen and oxygen atoms in total. The molecule has 0 saturated carbocycles. The van der Waals surface area contributed by atoms with Crippen LogP contribution in [0.4, 0.5) is 11.4 Å². The Morgan fingerprint density at radius 3 is 2.26 bits per heavy atom. The summed E-state index contributed by atoms with van der Waals surface area (Å²) >= 11 is 7.65. The minimum absolute atomic E-state index is 0.252. The predicted octanol–water partition coefficient (Wildman–Crippen LogP) is 5.53. The first kappa shape index (κ1) is 29.5. The number of rotatable bonds is 9. The van der Waals surface area contributed by atoms with E-state index in [0.717, 1.165) is 5.56 Å². The Morgan fingerprint density at radius 1 is 1.00 bits per heavy atom. The molecule has 2 unspecified atom stereocenters. The van der Waals surface area contributed by atoms with Gasteiger partial charge in [-0.25, -0.2) is 0 Å². The molecule has 0 aliphatic carbocycles. The first-order valence-electron chi connectivity index (χ1n) is 14.5. The van der Waals surface area contributed by atoms with Crippen molar-refractivity contribution in [3.63, 3.8) is 0 Å². The number of hydrogen-bond donors (Lipinski definition) is 3. The summed E-state index contributed by atoms with van der Waals surface area (Å²) < 4.78 is 4.14. The molecule has 6 rings (SSSR count). The third-order valence-electron chi connectivity index (χ3n) is 8.98. The number of aliphatic hydroxyl groups is 1. The van der Waals surface area contributed by atoms with Gasteiger partial charge in [-0.05, 0) is 80.8 Å². The lowest BCUT2D eigenvalue weighted by Crippen LogP contribution is -2.52. The number of amides is 3. The Balaban J connectivity index is 1.38. The van der Waals surface area contributed by atoms with Gasteiger partial charge in [-0.1, -0.05) is 41.9 Å². The summed E-state index contributed by atoms with van der Waals surface area (Å²) in [5.41, 5.74) is 1.88. The Labute approximate surface area is 260 Å². The van der Waals surface area contributed by atoms with Gasteiger partial charge in [-0.3, -0.25) is 14.4 Å². The fraction of sp³-hybridized carbons (Fsp3) is 0.364. The van der Waals surface area contributed by atoms with Crippen LogP contribution in [0.3, 0.4) is 0 Å². The lowest BCUT2D eigenvalue weighted by Gasteiger charge is -2.37. The lowest BCUT2D eigenvalue weighted by atomic mass is 9.66. The number of carbonyl (C=O) groups excluding carboxylic acids is 3. The van der Waals surface area contributed by atoms with Gasteiger partial charge in [-0.15, -0.1) is 11.8 Å². The van der Waals surface area contributed by atoms with Crippen molar-refractivity contribution in [2.24, 2.45) is 11.8 Å². The van der Waals surface area contributed by atoms with Crippen LogP contribution in [0.1, 0.15) is 38.3 Å². The van der Waals surface area contributed by atoms with Crippen LogP contribution in [-0.2, 0) is 14.4 Å². The first-order valence-corrected chi connectivity index (χ1v) is 15.7. The van der Waals surface area contributed by atoms with Crippen LogP contribution in [0, 0.1) is 11.8 Å². The van der Waals surface area contributed by atoms with Crippen LogP contribution in [0.2, 0.25) is 5.02 Å². The molecule has 3 aliphatic heterocycles. The zero-order valence-electron chi connectivity index (χ0n) is 24.0. The molecule has 3 aromatic carbocycles. The summed E-state index contributed by atoms with van der Waals surface area (Å²) in [6, 6.07) is 21.5. The summed E-state index contributed by atoms with van der Waals surface area (Å²) in [5, 5.41) is 17.2. The number of hydrogen-bond acceptors (Lipinski definition) is 6. The van der Waals surface area contributed by atoms with Crippen molar-refractivity contribution in [2.75, 3.05) is 23.8 Å². The van der Waals surface area contributed by atoms with E-state index < -0.39 is 33.4 Å². The third-order valence-corrected chi connectivity index (χ3v) is 11.2. The van der Waals surface area contributed by atoms with E-state index in [1.54, 1.807) is 65.2 Å². The number of nitrogens with one attached hydrogen (secondary N) is 2. The van der Waals surface area contributed by atoms with Crippen molar-refractivity contribution in [1.82, 2.24) is 4.90 Å². The Bertz CT molecular complexity index is 1520. The second kappa shape index (κ2) is 11.5. The van der Waals surface area contributed by atoms with E-state index in [0.29, 0.717) is 41.6 Å². The van der Waals surface area contributed by atoms with Gasteiger partial charge in [0.05, 0.1) is 35.8 Å². The molecule has 1 spiro atoms. The smallest absolute Gasteiger partial charge is 0.248 e. The number of thioether (sulfide) groups is 1. The maximum Gasteiger partial charge on any atom is 0.248 e. The van der Waals surface area contributed by atoms with Gasteiger partial charge in [0.15, 0.2) is 0 Å². The van der Waals surface area contributed by atoms with Gasteiger partial charge in [0.25, 0.3) is 0 Å². The molecule has 2 bridgehead atoms. The highest BCUT2D eigenvalue weighted by Crippen LogP contribution is 2.72. The van der Waals surface area contributed by atoms with E-state index in [2.05, 4.69) is 10.6 Å². The average molecular weight is 620 g/mol. The van der Waals surface area contributed by atoms with E-state index in [9.17, 15) is 19.5 Å². The molecule has 43 heavy (non-hydrogen) atoms. The SMILES string of the molecule is CCOc1ccc(NC(=O)[C@H]2[C@H]3C(=O)N([C@H](CO)c4ccccc4)C(C(=O)Nc4ccc(Cl)cc4)C34CC[C@]2(C)S4)cc1. The fourth-order valence-corrected chi connectivity index (χ4v) is 9.66. The van der Waals surface area contributed by atoms with Gasteiger partial charge in [0.1, 0.15) is 11.8 Å². The van der Waals surface area contributed by atoms with E-state index in [1.807, 2.05) is 44.2 Å². The Kier molecular flexibility index (Phi) is 7.91. The second-order valence-electron chi connectivity index (χ2n) is 11.5. The van der Waals surface area contributed by atoms with Crippen LogP contribution in [0.5, 0.6) is 5.75 Å². The number of halogens is 1. The van der Waals surface area contributed by atoms with Crippen LogP contribution < -0.4 is 15.4 Å². The molecule has 224 valence electrons. The number of anilines is 2. The number of aliphatic hydroxyl groups excluding tert-OH is 1. The zero-order chi connectivity index (χ0) is 30.4. The van der Waals surface area contributed by atoms with Gasteiger partial charge in [-0.2, -0.15) is 0 Å². The van der Waals surface area contributed by atoms with Crippen molar-refractivity contribution in [1.29, 1.82) is 0 Å². The summed E-state index contributed by atoms with van der Waals surface area (Å²) in [6.07, 6.45) is 1.27. The van der Waals surface area contributed by atoms with E-state index in [-0.39, 0.29) is 24.3 Å². The molecule has 10 heteroatoms. The first-order chi connectivity index (χ1) is 20.7. The van der Waals surface area contributed by atoms with Crippen molar-refractivity contribution < 1.29 is 24.2 Å². The number of nitrogens with zero attached hydrogens (tertiary/aromatic N) is 1. The standard InChI is InChI=1S/C33H34ClN3O5S/c1-3-42-24-15-13-23(14-16-24)35-29(39)26-27-31(41)37(25(19-38)20-7-5-4-6-8-20)28(33(27)18-17-32(26,2)43-33)30(40)36-22-11-9-21(34)10-12-22/h4-16,25-28,38H,3,17-19H2,1-2H3,(H,35,39)(H,36,40)/t25-,26-,27+,28?,32+,33?/m1/s1. The molecule has 3 fully saturated rings. The van der Waals surface area contributed by atoms with Crippen molar-refractivity contribution in [3.8, 4) is 5.75 Å². The largest absolute Gasteiger partial charge is 0.494 e. The van der Waals surface area contributed by atoms with Gasteiger partial charge < -0.3 is 25.4 Å². The van der Waals surface area contributed by atoms with Crippen LogP contribution >= 0.6 is 23.4 Å². The van der Waals surface area contributed by atoms with Crippen molar-refractivity contribution >= 4 is 52.5 Å². The number of carbonyl (C=O) groups is 3. The highest BCUT2D eigenvalue weighted by atomic mass is 35.5. The Morgan fingerprint density at radius 2 is 1.63 bits per heavy atom. The molecule has 3 saturated heterocycles. The monoisotopic (exact) mass is 619 g/mol. The minimum atomic E-state index is -0.909. The van der Waals surface area contributed by atoms with Gasteiger partial charge >= 0.3 is 0 Å². The van der Waals surface area contributed by atoms with Crippen molar-refractivity contribution in [3.05, 3.63) is 89.4 Å². The summed E-state index contributed by atoms with van der Waals surface area (Å²) in [7, 11) is 0. The quantitative estimate of drug-likeness (QED) is 0.291.